The molecule has 0 aliphatic carbocycles. The summed E-state index contributed by atoms with van der Waals surface area (Å²) in [6, 6.07) is 0.327. The zero-order valence-corrected chi connectivity index (χ0v) is 11.2. The van der Waals surface area contributed by atoms with E-state index >= 15 is 0 Å². The van der Waals surface area contributed by atoms with Crippen molar-refractivity contribution >= 4 is 23.7 Å². The van der Waals surface area contributed by atoms with Crippen LogP contribution in [0.15, 0.2) is 0 Å². The second-order valence-electron chi connectivity index (χ2n) is 3.83. The fourth-order valence-corrected chi connectivity index (χ4v) is 2.48. The zero-order chi connectivity index (χ0) is 12.8. The lowest BCUT2D eigenvalue weighted by atomic mass is 10.5. The van der Waals surface area contributed by atoms with Crippen LogP contribution in [0.3, 0.4) is 0 Å². The first-order valence-electron chi connectivity index (χ1n) is 6.01. The number of nitrogens with two attached hydrogens (primary N) is 1. The Balaban J connectivity index is 2.16. The molecule has 1 saturated heterocycles. The van der Waals surface area contributed by atoms with E-state index < -0.39 is 0 Å². The summed E-state index contributed by atoms with van der Waals surface area (Å²) in [4.78, 5) is 14.8. The number of hydrogen-bond donors (Lipinski definition) is 2. The highest BCUT2D eigenvalue weighted by Gasteiger charge is 2.16. The summed E-state index contributed by atoms with van der Waals surface area (Å²) < 4.78 is 5.44. The van der Waals surface area contributed by atoms with Crippen LogP contribution in [0, 0.1) is 0 Å². The number of ether oxygens (including phenoxy) is 1. The minimum Gasteiger partial charge on any atom is -0.463 e. The summed E-state index contributed by atoms with van der Waals surface area (Å²) in [5.74, 6) is 8.50. The summed E-state index contributed by atoms with van der Waals surface area (Å²) in [6.07, 6.45) is 0.909. The lowest BCUT2D eigenvalue weighted by Crippen LogP contribution is -2.34. The van der Waals surface area contributed by atoms with E-state index in [0.717, 1.165) is 31.0 Å². The van der Waals surface area contributed by atoms with Crippen LogP contribution in [0.4, 0.5) is 11.9 Å². The summed E-state index contributed by atoms with van der Waals surface area (Å²) in [7, 11) is 0. The van der Waals surface area contributed by atoms with Gasteiger partial charge in [-0.3, -0.25) is 5.43 Å². The van der Waals surface area contributed by atoms with Gasteiger partial charge in [-0.05, 0) is 6.42 Å². The maximum atomic E-state index is 5.44. The molecule has 0 amide bonds. The first-order valence-corrected chi connectivity index (χ1v) is 7.17. The predicted molar refractivity (Wildman–Crippen MR) is 73.0 cm³/mol. The van der Waals surface area contributed by atoms with Gasteiger partial charge in [0.15, 0.2) is 0 Å². The Labute approximate surface area is 110 Å². The molecule has 1 aromatic heterocycles. The third-order valence-electron chi connectivity index (χ3n) is 2.46. The molecule has 7 nitrogen and oxygen atoms in total. The highest BCUT2D eigenvalue weighted by atomic mass is 32.2. The smallest absolute Gasteiger partial charge is 0.323 e. The molecule has 0 bridgehead atoms. The van der Waals surface area contributed by atoms with Gasteiger partial charge in [-0.2, -0.15) is 26.7 Å². The Bertz CT molecular complexity index is 385. The number of nitrogens with zero attached hydrogens (tertiary/aromatic N) is 4. The lowest BCUT2D eigenvalue weighted by Gasteiger charge is -2.26. The number of thioether (sulfide) groups is 1. The van der Waals surface area contributed by atoms with Crippen molar-refractivity contribution in [2.45, 2.75) is 13.3 Å². The number of anilines is 2. The number of nitrogens with one attached hydrogen (secondary N) is 1. The minimum atomic E-state index is 0.327. The highest BCUT2D eigenvalue weighted by Crippen LogP contribution is 2.18. The average Bonchev–Trinajstić information content (AvgIpc) is 2.45. The Hall–Kier alpha value is -1.28. The van der Waals surface area contributed by atoms with Crippen molar-refractivity contribution < 1.29 is 4.74 Å². The van der Waals surface area contributed by atoms with Crippen LogP contribution in [0.1, 0.15) is 13.3 Å². The van der Waals surface area contributed by atoms with E-state index in [1.54, 1.807) is 0 Å². The van der Waals surface area contributed by atoms with Crippen molar-refractivity contribution in [1.82, 2.24) is 15.0 Å². The molecule has 18 heavy (non-hydrogen) atoms. The summed E-state index contributed by atoms with van der Waals surface area (Å²) in [5.41, 5.74) is 2.45. The summed E-state index contributed by atoms with van der Waals surface area (Å²) in [6.45, 7) is 4.49. The van der Waals surface area contributed by atoms with Gasteiger partial charge in [0.1, 0.15) is 0 Å². The van der Waals surface area contributed by atoms with Crippen LogP contribution in [-0.4, -0.2) is 46.2 Å². The zero-order valence-electron chi connectivity index (χ0n) is 10.4. The molecule has 0 aromatic carbocycles. The van der Waals surface area contributed by atoms with Crippen molar-refractivity contribution in [2.75, 3.05) is 41.5 Å². The molecule has 2 rings (SSSR count). The van der Waals surface area contributed by atoms with Crippen LogP contribution in [0.2, 0.25) is 0 Å². The minimum absolute atomic E-state index is 0.327. The SMILES string of the molecule is CCCOc1nc(NN)nc(N2CCSCC2)n1. The summed E-state index contributed by atoms with van der Waals surface area (Å²) >= 11 is 1.94. The second kappa shape index (κ2) is 6.60. The molecule has 100 valence electrons. The van der Waals surface area contributed by atoms with Crippen molar-refractivity contribution in [3.8, 4) is 6.01 Å². The van der Waals surface area contributed by atoms with Crippen LogP contribution >= 0.6 is 11.8 Å². The standard InChI is InChI=1S/C10H18N6OS/c1-2-5-17-10-13-8(15-11)12-9(14-10)16-3-6-18-7-4-16/h2-7,11H2,1H3,(H,12,13,14,15). The van der Waals surface area contributed by atoms with E-state index in [9.17, 15) is 0 Å². The van der Waals surface area contributed by atoms with E-state index in [4.69, 9.17) is 10.6 Å². The molecule has 0 unspecified atom stereocenters. The molecular weight excluding hydrogens is 252 g/mol. The Morgan fingerprint density at radius 1 is 1.33 bits per heavy atom. The molecule has 1 aliphatic heterocycles. The fourth-order valence-electron chi connectivity index (χ4n) is 1.57. The summed E-state index contributed by atoms with van der Waals surface area (Å²) in [5, 5.41) is 0. The van der Waals surface area contributed by atoms with Gasteiger partial charge in [-0.15, -0.1) is 0 Å². The Morgan fingerprint density at radius 3 is 2.78 bits per heavy atom. The predicted octanol–water partition coefficient (Wildman–Crippen LogP) is 0.499. The van der Waals surface area contributed by atoms with E-state index in [-0.39, 0.29) is 0 Å². The van der Waals surface area contributed by atoms with Crippen LogP contribution in [-0.2, 0) is 0 Å². The van der Waals surface area contributed by atoms with E-state index in [1.165, 1.54) is 0 Å². The van der Waals surface area contributed by atoms with Crippen LogP contribution in [0.25, 0.3) is 0 Å². The third kappa shape index (κ3) is 3.36. The van der Waals surface area contributed by atoms with Gasteiger partial charge in [0.2, 0.25) is 11.9 Å². The Morgan fingerprint density at radius 2 is 2.11 bits per heavy atom. The molecule has 2 heterocycles. The molecule has 0 spiro atoms. The molecule has 8 heteroatoms. The molecular formula is C10H18N6OS. The van der Waals surface area contributed by atoms with E-state index in [2.05, 4.69) is 25.3 Å². The van der Waals surface area contributed by atoms with Gasteiger partial charge in [0.25, 0.3) is 0 Å². The maximum absolute atomic E-state index is 5.44. The molecule has 1 aliphatic rings. The van der Waals surface area contributed by atoms with Gasteiger partial charge in [-0.1, -0.05) is 6.92 Å². The van der Waals surface area contributed by atoms with Gasteiger partial charge in [0.05, 0.1) is 6.61 Å². The molecule has 0 radical (unpaired) electrons. The van der Waals surface area contributed by atoms with E-state index in [0.29, 0.717) is 24.5 Å². The Kier molecular flexibility index (Phi) is 4.82. The topological polar surface area (TPSA) is 89.2 Å². The first kappa shape index (κ1) is 13.2. The second-order valence-corrected chi connectivity index (χ2v) is 5.06. The maximum Gasteiger partial charge on any atom is 0.323 e. The van der Waals surface area contributed by atoms with Crippen molar-refractivity contribution in [1.29, 1.82) is 0 Å². The van der Waals surface area contributed by atoms with Gasteiger partial charge >= 0.3 is 6.01 Å². The van der Waals surface area contributed by atoms with Gasteiger partial charge in [0, 0.05) is 24.6 Å². The average molecular weight is 270 g/mol. The number of hydrogen-bond acceptors (Lipinski definition) is 8. The number of hydrazine groups is 1. The number of aromatic nitrogens is 3. The normalized spacial score (nSPS) is 15.6. The monoisotopic (exact) mass is 270 g/mol. The lowest BCUT2D eigenvalue weighted by molar-refractivity contribution is 0.292. The third-order valence-corrected chi connectivity index (χ3v) is 3.40. The largest absolute Gasteiger partial charge is 0.463 e. The van der Waals surface area contributed by atoms with E-state index in [1.807, 2.05) is 18.7 Å². The molecule has 3 N–H and O–H groups in total. The quantitative estimate of drug-likeness (QED) is 0.590. The van der Waals surface area contributed by atoms with Crippen molar-refractivity contribution in [2.24, 2.45) is 5.84 Å². The number of nitrogen functional groups attached to an aromatic ring is 1. The van der Waals surface area contributed by atoms with Crippen molar-refractivity contribution in [3.05, 3.63) is 0 Å². The molecule has 0 atom stereocenters. The van der Waals surface area contributed by atoms with Crippen LogP contribution in [0.5, 0.6) is 6.01 Å². The highest BCUT2D eigenvalue weighted by molar-refractivity contribution is 7.99. The van der Waals surface area contributed by atoms with Crippen LogP contribution < -0.4 is 20.9 Å². The molecule has 1 fully saturated rings. The first-order chi connectivity index (χ1) is 8.83. The molecule has 0 saturated carbocycles. The van der Waals surface area contributed by atoms with Crippen molar-refractivity contribution in [3.63, 3.8) is 0 Å². The number of rotatable bonds is 5. The molecule has 1 aromatic rings. The van der Waals surface area contributed by atoms with Gasteiger partial charge in [-0.25, -0.2) is 5.84 Å². The van der Waals surface area contributed by atoms with Gasteiger partial charge < -0.3 is 9.64 Å². The fraction of sp³-hybridized carbons (Fsp3) is 0.700.